The van der Waals surface area contributed by atoms with E-state index in [4.69, 9.17) is 16.3 Å². The van der Waals surface area contributed by atoms with E-state index in [1.807, 2.05) is 30.3 Å². The quantitative estimate of drug-likeness (QED) is 0.470. The van der Waals surface area contributed by atoms with Crippen molar-refractivity contribution < 1.29 is 17.9 Å². The van der Waals surface area contributed by atoms with Crippen LogP contribution in [0.2, 0.25) is 5.02 Å². The van der Waals surface area contributed by atoms with Crippen molar-refractivity contribution in [2.75, 3.05) is 6.61 Å². The van der Waals surface area contributed by atoms with Crippen LogP contribution in [0, 0.1) is 0 Å². The Labute approximate surface area is 192 Å². The van der Waals surface area contributed by atoms with Crippen LogP contribution >= 0.6 is 11.6 Å². The Balaban J connectivity index is 1.80. The van der Waals surface area contributed by atoms with E-state index in [9.17, 15) is 13.2 Å². The molecule has 0 saturated heterocycles. The number of carbonyl (C=O) groups is 1. The van der Waals surface area contributed by atoms with Crippen molar-refractivity contribution >= 4 is 27.5 Å². The van der Waals surface area contributed by atoms with Gasteiger partial charge in [-0.15, -0.1) is 0 Å². The third-order valence-corrected chi connectivity index (χ3v) is 6.39. The predicted molar refractivity (Wildman–Crippen MR) is 123 cm³/mol. The Hall–Kier alpha value is -2.94. The number of rotatable bonds is 10. The number of aromatic nitrogens is 1. The molecule has 1 amide bonds. The highest BCUT2D eigenvalue weighted by atomic mass is 35.5. The smallest absolute Gasteiger partial charge is 0.241 e. The Morgan fingerprint density at radius 3 is 2.44 bits per heavy atom. The number of sulfonamides is 1. The number of halogens is 1. The second-order valence-electron chi connectivity index (χ2n) is 6.96. The number of hydrogen-bond acceptors (Lipinski definition) is 5. The molecule has 0 radical (unpaired) electrons. The summed E-state index contributed by atoms with van der Waals surface area (Å²) in [6, 6.07) is 15.9. The number of nitrogens with zero attached hydrogens (tertiary/aromatic N) is 1. The van der Waals surface area contributed by atoms with Crippen LogP contribution in [-0.2, 0) is 27.8 Å². The van der Waals surface area contributed by atoms with Crippen LogP contribution in [0.25, 0.3) is 0 Å². The van der Waals surface area contributed by atoms with E-state index >= 15 is 0 Å². The molecule has 0 bridgehead atoms. The number of pyridine rings is 1. The molecule has 1 heterocycles. The van der Waals surface area contributed by atoms with Crippen LogP contribution in [0.4, 0.5) is 0 Å². The highest BCUT2D eigenvalue weighted by molar-refractivity contribution is 7.89. The van der Waals surface area contributed by atoms with Gasteiger partial charge in [0.2, 0.25) is 15.9 Å². The average molecular weight is 474 g/mol. The Kier molecular flexibility index (Phi) is 8.21. The lowest BCUT2D eigenvalue weighted by Gasteiger charge is -2.19. The van der Waals surface area contributed by atoms with Gasteiger partial charge in [0, 0.05) is 18.9 Å². The summed E-state index contributed by atoms with van der Waals surface area (Å²) in [5.41, 5.74) is 1.68. The van der Waals surface area contributed by atoms with Crippen LogP contribution in [0.15, 0.2) is 78.0 Å². The van der Waals surface area contributed by atoms with Crippen LogP contribution in [-0.4, -0.2) is 32.0 Å². The van der Waals surface area contributed by atoms with Gasteiger partial charge in [0.05, 0.1) is 16.5 Å². The SMILES string of the molecule is CCOc1ccc(S(=O)(=O)NC(Cc2ccccc2)C(=O)NCc2ccncc2)cc1Cl. The second kappa shape index (κ2) is 11.1. The molecule has 2 N–H and O–H groups in total. The minimum Gasteiger partial charge on any atom is -0.492 e. The predicted octanol–water partition coefficient (Wildman–Crippen LogP) is 3.34. The lowest BCUT2D eigenvalue weighted by molar-refractivity contribution is -0.122. The summed E-state index contributed by atoms with van der Waals surface area (Å²) in [5.74, 6) is -0.0460. The normalized spacial score (nSPS) is 12.2. The third kappa shape index (κ3) is 6.53. The molecule has 0 spiro atoms. The van der Waals surface area contributed by atoms with Crippen LogP contribution in [0.1, 0.15) is 18.1 Å². The van der Waals surface area contributed by atoms with Crippen molar-refractivity contribution in [2.45, 2.75) is 30.8 Å². The van der Waals surface area contributed by atoms with Crippen molar-refractivity contribution in [3.8, 4) is 5.75 Å². The molecular formula is C23H24ClN3O4S. The molecular weight excluding hydrogens is 450 g/mol. The maximum absolute atomic E-state index is 13.0. The molecule has 0 aliphatic carbocycles. The fraction of sp³-hybridized carbons (Fsp3) is 0.217. The van der Waals surface area contributed by atoms with Gasteiger partial charge in [0.15, 0.2) is 0 Å². The maximum atomic E-state index is 13.0. The zero-order valence-electron chi connectivity index (χ0n) is 17.5. The summed E-state index contributed by atoms with van der Waals surface area (Å²) in [6.45, 7) is 2.46. The summed E-state index contributed by atoms with van der Waals surface area (Å²) in [6.07, 6.45) is 3.44. The van der Waals surface area contributed by atoms with E-state index in [0.29, 0.717) is 12.4 Å². The minimum absolute atomic E-state index is 0.0500. The molecule has 0 aliphatic heterocycles. The highest BCUT2D eigenvalue weighted by Crippen LogP contribution is 2.27. The number of nitrogens with one attached hydrogen (secondary N) is 2. The Morgan fingerprint density at radius 2 is 1.78 bits per heavy atom. The van der Waals surface area contributed by atoms with Gasteiger partial charge in [-0.25, -0.2) is 8.42 Å². The first-order valence-electron chi connectivity index (χ1n) is 10.0. The van der Waals surface area contributed by atoms with Gasteiger partial charge < -0.3 is 10.1 Å². The van der Waals surface area contributed by atoms with Gasteiger partial charge in [-0.3, -0.25) is 9.78 Å². The fourth-order valence-electron chi connectivity index (χ4n) is 3.03. The molecule has 0 aliphatic rings. The molecule has 1 aromatic heterocycles. The number of ether oxygens (including phenoxy) is 1. The molecule has 168 valence electrons. The topological polar surface area (TPSA) is 97.4 Å². The van der Waals surface area contributed by atoms with Gasteiger partial charge in [0.1, 0.15) is 11.8 Å². The summed E-state index contributed by atoms with van der Waals surface area (Å²) in [7, 11) is -4.02. The Morgan fingerprint density at radius 1 is 1.06 bits per heavy atom. The summed E-state index contributed by atoms with van der Waals surface area (Å²) < 4.78 is 34.0. The molecule has 0 fully saturated rings. The first-order valence-corrected chi connectivity index (χ1v) is 11.9. The number of amides is 1. The zero-order chi connectivity index (χ0) is 23.0. The highest BCUT2D eigenvalue weighted by Gasteiger charge is 2.26. The van der Waals surface area contributed by atoms with E-state index < -0.39 is 22.0 Å². The lowest BCUT2D eigenvalue weighted by atomic mass is 10.1. The summed E-state index contributed by atoms with van der Waals surface area (Å²) >= 11 is 6.16. The molecule has 1 atom stereocenters. The average Bonchev–Trinajstić information content (AvgIpc) is 2.79. The van der Waals surface area contributed by atoms with Gasteiger partial charge in [-0.05, 0) is 54.8 Å². The molecule has 3 aromatic rings. The molecule has 0 saturated carbocycles. The van der Waals surface area contributed by atoms with Crippen LogP contribution < -0.4 is 14.8 Å². The number of hydrogen-bond donors (Lipinski definition) is 2. The standard InChI is InChI=1S/C23H24ClN3O4S/c1-2-31-22-9-8-19(15-20(22)24)32(29,30)27-21(14-17-6-4-3-5-7-17)23(28)26-16-18-10-12-25-13-11-18/h3-13,15,21,27H,2,14,16H2,1H3,(H,26,28). The first kappa shape index (κ1) is 23.7. The fourth-order valence-corrected chi connectivity index (χ4v) is 4.55. The zero-order valence-corrected chi connectivity index (χ0v) is 19.1. The van der Waals surface area contributed by atoms with Crippen molar-refractivity contribution in [3.63, 3.8) is 0 Å². The molecule has 2 aromatic carbocycles. The lowest BCUT2D eigenvalue weighted by Crippen LogP contribution is -2.47. The van der Waals surface area contributed by atoms with Gasteiger partial charge in [-0.2, -0.15) is 4.72 Å². The maximum Gasteiger partial charge on any atom is 0.241 e. The van der Waals surface area contributed by atoms with Gasteiger partial charge in [0.25, 0.3) is 0 Å². The van der Waals surface area contributed by atoms with Gasteiger partial charge in [-0.1, -0.05) is 41.9 Å². The second-order valence-corrected chi connectivity index (χ2v) is 9.08. The molecule has 1 unspecified atom stereocenters. The van der Waals surface area contributed by atoms with Gasteiger partial charge >= 0.3 is 0 Å². The van der Waals surface area contributed by atoms with Crippen LogP contribution in [0.3, 0.4) is 0 Å². The van der Waals surface area contributed by atoms with Crippen molar-refractivity contribution in [1.82, 2.24) is 15.0 Å². The van der Waals surface area contributed by atoms with E-state index in [1.54, 1.807) is 31.5 Å². The van der Waals surface area contributed by atoms with Crippen molar-refractivity contribution in [3.05, 3.63) is 89.2 Å². The van der Waals surface area contributed by atoms with E-state index in [1.165, 1.54) is 18.2 Å². The van der Waals surface area contributed by atoms with E-state index in [0.717, 1.165) is 11.1 Å². The number of benzene rings is 2. The first-order chi connectivity index (χ1) is 15.4. The van der Waals surface area contributed by atoms with Crippen molar-refractivity contribution in [1.29, 1.82) is 0 Å². The molecule has 7 nitrogen and oxygen atoms in total. The van der Waals surface area contributed by atoms with Crippen LogP contribution in [0.5, 0.6) is 5.75 Å². The molecule has 9 heteroatoms. The number of carbonyl (C=O) groups excluding carboxylic acids is 1. The summed E-state index contributed by atoms with van der Waals surface area (Å²) in [5, 5.41) is 2.97. The summed E-state index contributed by atoms with van der Waals surface area (Å²) in [4.78, 5) is 16.8. The third-order valence-electron chi connectivity index (χ3n) is 4.63. The minimum atomic E-state index is -4.02. The largest absolute Gasteiger partial charge is 0.492 e. The Bertz CT molecular complexity index is 1140. The monoisotopic (exact) mass is 473 g/mol. The van der Waals surface area contributed by atoms with E-state index in [2.05, 4.69) is 15.0 Å². The molecule has 32 heavy (non-hydrogen) atoms. The van der Waals surface area contributed by atoms with Crippen molar-refractivity contribution in [2.24, 2.45) is 0 Å². The van der Waals surface area contributed by atoms with E-state index in [-0.39, 0.29) is 22.9 Å². The molecule has 3 rings (SSSR count).